The summed E-state index contributed by atoms with van der Waals surface area (Å²) in [4.78, 5) is 26.3. The molecule has 3 heterocycles. The summed E-state index contributed by atoms with van der Waals surface area (Å²) in [6, 6.07) is 10.5. The van der Waals surface area contributed by atoms with Crippen LogP contribution in [-0.4, -0.2) is 27.7 Å². The first-order chi connectivity index (χ1) is 14.0. The number of halogens is 1. The van der Waals surface area contributed by atoms with Crippen LogP contribution in [0.5, 0.6) is 0 Å². The number of para-hydroxylation sites is 1. The predicted octanol–water partition coefficient (Wildman–Crippen LogP) is 2.72. The molecule has 0 bridgehead atoms. The van der Waals surface area contributed by atoms with Crippen molar-refractivity contribution in [2.75, 3.05) is 16.4 Å². The lowest BCUT2D eigenvalue weighted by molar-refractivity contribution is -0.136. The lowest BCUT2D eigenvalue weighted by Crippen LogP contribution is -2.63. The molecular weight excluding hydrogens is 393 g/mol. The van der Waals surface area contributed by atoms with E-state index in [2.05, 4.69) is 27.6 Å². The normalized spacial score (nSPS) is 24.0. The second-order valence-corrected chi connectivity index (χ2v) is 7.82. The summed E-state index contributed by atoms with van der Waals surface area (Å²) in [7, 11) is 0. The van der Waals surface area contributed by atoms with E-state index in [1.165, 1.54) is 35.0 Å². The molecule has 0 unspecified atom stereocenters. The Balaban J connectivity index is 1.76. The predicted molar refractivity (Wildman–Crippen MR) is 110 cm³/mol. The first-order valence-corrected chi connectivity index (χ1v) is 9.94. The highest BCUT2D eigenvalue weighted by molar-refractivity contribution is 8.14. The van der Waals surface area contributed by atoms with Crippen LogP contribution in [0.15, 0.2) is 60.2 Å². The Morgan fingerprint density at radius 3 is 2.86 bits per heavy atom. The van der Waals surface area contributed by atoms with E-state index in [1.807, 2.05) is 18.2 Å². The molecule has 3 aliphatic heterocycles. The summed E-state index contributed by atoms with van der Waals surface area (Å²) in [6.07, 6.45) is 1.69. The average molecular weight is 409 g/mol. The fourth-order valence-electron chi connectivity index (χ4n) is 3.92. The number of hydrazone groups is 1. The fourth-order valence-corrected chi connectivity index (χ4v) is 4.52. The van der Waals surface area contributed by atoms with Gasteiger partial charge in [0.15, 0.2) is 11.2 Å². The van der Waals surface area contributed by atoms with Gasteiger partial charge in [-0.15, -0.1) is 11.7 Å². The number of fused-ring (bicyclic) bond motifs is 6. The molecule has 0 fully saturated rings. The fraction of sp³-hybridized carbons (Fsp3) is 0.150. The number of amidine groups is 1. The zero-order chi connectivity index (χ0) is 20.2. The van der Waals surface area contributed by atoms with Crippen LogP contribution in [0.2, 0.25) is 0 Å². The lowest BCUT2D eigenvalue weighted by Gasteiger charge is -2.48. The first-order valence-electron chi connectivity index (χ1n) is 8.95. The van der Waals surface area contributed by atoms with Crippen LogP contribution in [0.1, 0.15) is 17.2 Å². The largest absolute Gasteiger partial charge is 0.350 e. The number of hydrogen-bond donors (Lipinski definition) is 3. The zero-order valence-electron chi connectivity index (χ0n) is 15.1. The van der Waals surface area contributed by atoms with Crippen molar-refractivity contribution in [2.24, 2.45) is 5.10 Å². The van der Waals surface area contributed by atoms with E-state index in [1.54, 1.807) is 12.1 Å². The SMILES string of the molecule is C=CCSC1=NN2[C@@H](C(=O)N1)c1ccccc1N[C@@]21C(=O)Nc2ccc(F)cc21. The molecule has 9 heteroatoms. The molecule has 0 radical (unpaired) electrons. The third kappa shape index (κ3) is 2.47. The molecule has 2 aromatic rings. The van der Waals surface area contributed by atoms with Gasteiger partial charge in [0.1, 0.15) is 5.82 Å². The van der Waals surface area contributed by atoms with Crippen molar-refractivity contribution in [1.29, 1.82) is 0 Å². The van der Waals surface area contributed by atoms with Gasteiger partial charge in [-0.25, -0.2) is 9.40 Å². The number of carbonyl (C=O) groups excluding carboxylic acids is 2. The molecule has 29 heavy (non-hydrogen) atoms. The van der Waals surface area contributed by atoms with Crippen LogP contribution >= 0.6 is 11.8 Å². The van der Waals surface area contributed by atoms with Gasteiger partial charge in [0.25, 0.3) is 11.8 Å². The maximum absolute atomic E-state index is 14.2. The average Bonchev–Trinajstić information content (AvgIpc) is 2.98. The Hall–Kier alpha value is -3.33. The summed E-state index contributed by atoms with van der Waals surface area (Å²) in [5.74, 6) is -0.684. The third-order valence-electron chi connectivity index (χ3n) is 5.12. The van der Waals surface area contributed by atoms with Gasteiger partial charge < -0.3 is 16.0 Å². The minimum atomic E-state index is -1.55. The number of carbonyl (C=O) groups is 2. The molecule has 146 valence electrons. The number of hydrogen-bond acceptors (Lipinski definition) is 6. The van der Waals surface area contributed by atoms with E-state index in [4.69, 9.17) is 0 Å². The van der Waals surface area contributed by atoms with E-state index in [9.17, 15) is 14.0 Å². The molecule has 3 N–H and O–H groups in total. The summed E-state index contributed by atoms with van der Waals surface area (Å²) in [5, 5.41) is 15.2. The maximum Gasteiger partial charge on any atom is 0.277 e. The highest BCUT2D eigenvalue weighted by Gasteiger charge is 2.59. The Labute approximate surface area is 170 Å². The second-order valence-electron chi connectivity index (χ2n) is 6.81. The monoisotopic (exact) mass is 409 g/mol. The number of thioether (sulfide) groups is 1. The minimum absolute atomic E-state index is 0.308. The molecule has 5 rings (SSSR count). The Kier molecular flexibility index (Phi) is 3.88. The van der Waals surface area contributed by atoms with E-state index in [0.29, 0.717) is 33.4 Å². The number of benzene rings is 2. The molecule has 2 atom stereocenters. The van der Waals surface area contributed by atoms with Crippen molar-refractivity contribution in [3.63, 3.8) is 0 Å². The Bertz CT molecular complexity index is 1100. The highest BCUT2D eigenvalue weighted by Crippen LogP contribution is 2.50. The second kappa shape index (κ2) is 6.35. The van der Waals surface area contributed by atoms with E-state index in [0.717, 1.165) is 0 Å². The summed E-state index contributed by atoms with van der Waals surface area (Å²) in [6.45, 7) is 3.68. The van der Waals surface area contributed by atoms with Gasteiger partial charge in [-0.3, -0.25) is 9.59 Å². The van der Waals surface area contributed by atoms with Gasteiger partial charge >= 0.3 is 0 Å². The van der Waals surface area contributed by atoms with Crippen LogP contribution in [0, 0.1) is 5.82 Å². The van der Waals surface area contributed by atoms with Crippen LogP contribution in [0.25, 0.3) is 0 Å². The van der Waals surface area contributed by atoms with Gasteiger partial charge in [-0.2, -0.15) is 0 Å². The summed E-state index contributed by atoms with van der Waals surface area (Å²) >= 11 is 1.29. The number of rotatable bonds is 2. The molecule has 1 spiro atoms. The van der Waals surface area contributed by atoms with Gasteiger partial charge in [0.2, 0.25) is 5.66 Å². The van der Waals surface area contributed by atoms with Crippen LogP contribution < -0.4 is 16.0 Å². The zero-order valence-corrected chi connectivity index (χ0v) is 15.9. The topological polar surface area (TPSA) is 85.8 Å². The third-order valence-corrected chi connectivity index (χ3v) is 5.98. The molecule has 0 saturated heterocycles. The first kappa shape index (κ1) is 17.7. The minimum Gasteiger partial charge on any atom is -0.350 e. The van der Waals surface area contributed by atoms with Crippen LogP contribution in [-0.2, 0) is 15.3 Å². The van der Waals surface area contributed by atoms with Crippen molar-refractivity contribution < 1.29 is 14.0 Å². The molecule has 2 aromatic carbocycles. The van der Waals surface area contributed by atoms with Crippen LogP contribution in [0.4, 0.5) is 15.8 Å². The van der Waals surface area contributed by atoms with Crippen molar-refractivity contribution in [3.05, 3.63) is 72.1 Å². The van der Waals surface area contributed by atoms with Gasteiger partial charge in [0, 0.05) is 28.3 Å². The van der Waals surface area contributed by atoms with Crippen molar-refractivity contribution in [1.82, 2.24) is 10.3 Å². The highest BCUT2D eigenvalue weighted by atomic mass is 32.2. The maximum atomic E-state index is 14.2. The number of nitrogens with one attached hydrogen (secondary N) is 3. The van der Waals surface area contributed by atoms with Crippen molar-refractivity contribution >= 4 is 40.1 Å². The van der Waals surface area contributed by atoms with E-state index < -0.39 is 23.4 Å². The smallest absolute Gasteiger partial charge is 0.277 e. The number of anilines is 2. The van der Waals surface area contributed by atoms with E-state index >= 15 is 0 Å². The molecular formula is C20H16FN5O2S. The van der Waals surface area contributed by atoms with E-state index in [-0.39, 0.29) is 5.91 Å². The molecule has 0 saturated carbocycles. The lowest BCUT2D eigenvalue weighted by atomic mass is 9.90. The molecule has 0 aromatic heterocycles. The standard InChI is InChI=1S/C20H16FN5O2S/c1-2-9-29-19-23-17(27)16-12-5-3-4-6-14(12)24-20(26(16)25-19)13-10-11(21)7-8-15(13)22-18(20)28/h2-8,10,16,24H,1,9H2,(H,22,28)(H,23,25,27)/t16-,20-/m1/s1. The quantitative estimate of drug-likeness (QED) is 0.664. The van der Waals surface area contributed by atoms with Crippen molar-refractivity contribution in [2.45, 2.75) is 11.7 Å². The Morgan fingerprint density at radius 1 is 1.21 bits per heavy atom. The number of nitrogens with zero attached hydrogens (tertiary/aromatic N) is 2. The van der Waals surface area contributed by atoms with Gasteiger partial charge in [-0.1, -0.05) is 36.0 Å². The molecule has 7 nitrogen and oxygen atoms in total. The molecule has 2 amide bonds. The summed E-state index contributed by atoms with van der Waals surface area (Å²) < 4.78 is 14.2. The summed E-state index contributed by atoms with van der Waals surface area (Å²) in [5.41, 5.74) is 0.615. The van der Waals surface area contributed by atoms with Gasteiger partial charge in [-0.05, 0) is 24.3 Å². The molecule has 0 aliphatic carbocycles. The number of amides is 2. The van der Waals surface area contributed by atoms with Gasteiger partial charge in [0.05, 0.1) is 0 Å². The van der Waals surface area contributed by atoms with Crippen molar-refractivity contribution in [3.8, 4) is 0 Å². The van der Waals surface area contributed by atoms with Crippen LogP contribution in [0.3, 0.4) is 0 Å². The Morgan fingerprint density at radius 2 is 2.03 bits per heavy atom. The molecule has 3 aliphatic rings.